The number of aliphatic imine (C=N–C) groups is 1. The minimum atomic E-state index is -0.462. The molecule has 3 aromatic rings. The van der Waals surface area contributed by atoms with Crippen LogP contribution in [0.15, 0.2) is 101 Å². The van der Waals surface area contributed by atoms with E-state index in [2.05, 4.69) is 10.3 Å². The normalized spacial score (nSPS) is 16.0. The first-order chi connectivity index (χ1) is 15.6. The van der Waals surface area contributed by atoms with Gasteiger partial charge in [0.25, 0.3) is 5.91 Å². The largest absolute Gasteiger partial charge is 0.322 e. The van der Waals surface area contributed by atoms with Crippen LogP contribution < -0.4 is 5.32 Å². The van der Waals surface area contributed by atoms with Gasteiger partial charge in [0.15, 0.2) is 5.17 Å². The molecule has 2 amide bonds. The summed E-state index contributed by atoms with van der Waals surface area (Å²) in [7, 11) is 0. The Hall–Kier alpha value is -3.71. The molecule has 5 nitrogen and oxygen atoms in total. The lowest BCUT2D eigenvalue weighted by atomic mass is 10.2. The highest BCUT2D eigenvalue weighted by Gasteiger charge is 2.33. The van der Waals surface area contributed by atoms with Crippen LogP contribution in [-0.2, 0) is 22.7 Å². The van der Waals surface area contributed by atoms with Crippen LogP contribution in [0.2, 0.25) is 0 Å². The molecular weight excluding hydrogens is 425 g/mol. The van der Waals surface area contributed by atoms with Gasteiger partial charge in [-0.1, -0.05) is 60.7 Å². The van der Waals surface area contributed by atoms with Gasteiger partial charge in [-0.25, -0.2) is 4.39 Å². The minimum absolute atomic E-state index is 0.278. The number of halogens is 1. The topological polar surface area (TPSA) is 61.8 Å². The Balaban J connectivity index is 1.55. The summed E-state index contributed by atoms with van der Waals surface area (Å²) in [5, 5.41) is 3.19. The molecular formula is C25H20FN3O2S. The summed E-state index contributed by atoms with van der Waals surface area (Å²) in [6, 6.07) is 24.8. The molecule has 0 radical (unpaired) electrons. The Morgan fingerprint density at radius 3 is 2.22 bits per heavy atom. The van der Waals surface area contributed by atoms with E-state index in [9.17, 15) is 14.0 Å². The van der Waals surface area contributed by atoms with Crippen molar-refractivity contribution < 1.29 is 14.0 Å². The van der Waals surface area contributed by atoms with Crippen molar-refractivity contribution in [3.05, 3.63) is 113 Å². The maximum atomic E-state index is 13.1. The Morgan fingerprint density at radius 2 is 1.56 bits per heavy atom. The van der Waals surface area contributed by atoms with E-state index >= 15 is 0 Å². The van der Waals surface area contributed by atoms with E-state index in [4.69, 9.17) is 0 Å². The summed E-state index contributed by atoms with van der Waals surface area (Å²) in [5.41, 5.74) is 2.44. The smallest absolute Gasteiger partial charge is 0.267 e. The predicted octanol–water partition coefficient (Wildman–Crippen LogP) is 4.98. The number of carbonyl (C=O) groups excluding carboxylic acids is 2. The fraction of sp³-hybridized carbons (Fsp3) is 0.0800. The molecule has 4 rings (SSSR count). The summed E-state index contributed by atoms with van der Waals surface area (Å²) >= 11 is 1.17. The van der Waals surface area contributed by atoms with Crippen LogP contribution in [0.25, 0.3) is 0 Å². The van der Waals surface area contributed by atoms with Crippen molar-refractivity contribution in [3.63, 3.8) is 0 Å². The first-order valence-electron chi connectivity index (χ1n) is 9.99. The molecule has 0 bridgehead atoms. The molecule has 0 saturated carbocycles. The van der Waals surface area contributed by atoms with E-state index in [1.807, 2.05) is 60.7 Å². The van der Waals surface area contributed by atoms with Gasteiger partial charge in [0, 0.05) is 11.8 Å². The molecule has 3 aromatic carbocycles. The van der Waals surface area contributed by atoms with Crippen LogP contribution in [0.4, 0.5) is 10.1 Å². The number of rotatable bonds is 6. The Labute approximate surface area is 189 Å². The van der Waals surface area contributed by atoms with Gasteiger partial charge in [0.05, 0.1) is 18.0 Å². The highest BCUT2D eigenvalue weighted by atomic mass is 32.2. The lowest BCUT2D eigenvalue weighted by molar-refractivity contribution is -0.123. The number of amides is 2. The molecule has 1 N–H and O–H groups in total. The van der Waals surface area contributed by atoms with Crippen molar-refractivity contribution >= 4 is 34.4 Å². The predicted molar refractivity (Wildman–Crippen MR) is 125 cm³/mol. The highest BCUT2D eigenvalue weighted by molar-refractivity contribution is 8.18. The Morgan fingerprint density at radius 1 is 0.938 bits per heavy atom. The molecule has 0 unspecified atom stereocenters. The molecule has 0 aromatic heterocycles. The fourth-order valence-electron chi connectivity index (χ4n) is 3.10. The maximum Gasteiger partial charge on any atom is 0.267 e. The Kier molecular flexibility index (Phi) is 6.77. The summed E-state index contributed by atoms with van der Waals surface area (Å²) < 4.78 is 13.1. The van der Waals surface area contributed by atoms with Gasteiger partial charge >= 0.3 is 0 Å². The third-order valence-electron chi connectivity index (χ3n) is 4.69. The van der Waals surface area contributed by atoms with Gasteiger partial charge in [-0.2, -0.15) is 0 Å². The number of hydrogen-bond acceptors (Lipinski definition) is 4. The Bertz CT molecular complexity index is 1160. The summed E-state index contributed by atoms with van der Waals surface area (Å²) in [6.07, 6.45) is 1.26. The number of anilines is 1. The molecule has 32 heavy (non-hydrogen) atoms. The SMILES string of the molecule is O=C(/C=C1\SC(=NCc2ccccc2)N(Cc2ccccc2)C1=O)Nc1ccc(F)cc1. The standard InChI is InChI=1S/C25H20FN3O2S/c26-20-11-13-21(14-12-20)28-23(30)15-22-24(31)29(17-19-9-5-2-6-10-19)25(32-22)27-16-18-7-3-1-4-8-18/h1-15H,16-17H2,(H,28,30)/b22-15-,27-25?. The average Bonchev–Trinajstić information content (AvgIpc) is 3.09. The lowest BCUT2D eigenvalue weighted by Crippen LogP contribution is -2.29. The van der Waals surface area contributed by atoms with Crippen LogP contribution in [-0.4, -0.2) is 21.9 Å². The second-order valence-electron chi connectivity index (χ2n) is 7.07. The van der Waals surface area contributed by atoms with Crippen molar-refractivity contribution in [2.24, 2.45) is 4.99 Å². The molecule has 160 valence electrons. The number of benzene rings is 3. The van der Waals surface area contributed by atoms with E-state index in [0.29, 0.717) is 23.9 Å². The minimum Gasteiger partial charge on any atom is -0.322 e. The van der Waals surface area contributed by atoms with E-state index in [1.165, 1.54) is 42.1 Å². The first-order valence-corrected chi connectivity index (χ1v) is 10.8. The van der Waals surface area contributed by atoms with E-state index in [1.54, 1.807) is 4.90 Å². The van der Waals surface area contributed by atoms with E-state index in [0.717, 1.165) is 11.1 Å². The van der Waals surface area contributed by atoms with Gasteiger partial charge < -0.3 is 5.32 Å². The van der Waals surface area contributed by atoms with Crippen molar-refractivity contribution in [2.45, 2.75) is 13.1 Å². The second-order valence-corrected chi connectivity index (χ2v) is 8.08. The molecule has 1 aliphatic rings. The molecule has 1 saturated heterocycles. The summed E-state index contributed by atoms with van der Waals surface area (Å²) in [5.74, 6) is -1.13. The number of thioether (sulfide) groups is 1. The van der Waals surface area contributed by atoms with E-state index in [-0.39, 0.29) is 10.8 Å². The summed E-state index contributed by atoms with van der Waals surface area (Å²) in [6.45, 7) is 0.786. The number of carbonyl (C=O) groups is 2. The van der Waals surface area contributed by atoms with Crippen LogP contribution in [0.5, 0.6) is 0 Å². The number of nitrogens with zero attached hydrogens (tertiary/aromatic N) is 2. The van der Waals surface area contributed by atoms with Crippen LogP contribution in [0.1, 0.15) is 11.1 Å². The number of hydrogen-bond donors (Lipinski definition) is 1. The van der Waals surface area contributed by atoms with Crippen molar-refractivity contribution in [1.29, 1.82) is 0 Å². The lowest BCUT2D eigenvalue weighted by Gasteiger charge is -2.15. The quantitative estimate of drug-likeness (QED) is 0.545. The first kappa shape index (κ1) is 21.5. The third kappa shape index (κ3) is 5.50. The third-order valence-corrected chi connectivity index (χ3v) is 5.73. The van der Waals surface area contributed by atoms with Crippen molar-refractivity contribution in [2.75, 3.05) is 5.32 Å². The highest BCUT2D eigenvalue weighted by Crippen LogP contribution is 2.32. The van der Waals surface area contributed by atoms with Crippen LogP contribution >= 0.6 is 11.8 Å². The summed E-state index contributed by atoms with van der Waals surface area (Å²) in [4.78, 5) is 32.0. The van der Waals surface area contributed by atoms with Crippen molar-refractivity contribution in [3.8, 4) is 0 Å². The molecule has 7 heteroatoms. The molecule has 1 heterocycles. The van der Waals surface area contributed by atoms with Gasteiger partial charge in [0.1, 0.15) is 5.82 Å². The molecule has 0 aliphatic carbocycles. The average molecular weight is 446 g/mol. The van der Waals surface area contributed by atoms with Gasteiger partial charge in [-0.3, -0.25) is 19.5 Å². The fourth-order valence-corrected chi connectivity index (χ4v) is 4.05. The van der Waals surface area contributed by atoms with Gasteiger partial charge in [-0.05, 0) is 47.2 Å². The number of nitrogens with one attached hydrogen (secondary N) is 1. The second kappa shape index (κ2) is 10.1. The molecule has 1 fully saturated rings. The van der Waals surface area contributed by atoms with Gasteiger partial charge in [0.2, 0.25) is 5.91 Å². The maximum absolute atomic E-state index is 13.1. The van der Waals surface area contributed by atoms with E-state index < -0.39 is 11.7 Å². The number of amidine groups is 1. The van der Waals surface area contributed by atoms with Gasteiger partial charge in [-0.15, -0.1) is 0 Å². The van der Waals surface area contributed by atoms with Crippen molar-refractivity contribution in [1.82, 2.24) is 4.90 Å². The zero-order chi connectivity index (χ0) is 22.3. The van der Waals surface area contributed by atoms with Crippen LogP contribution in [0, 0.1) is 5.82 Å². The van der Waals surface area contributed by atoms with Crippen LogP contribution in [0.3, 0.4) is 0 Å². The molecule has 1 aliphatic heterocycles. The zero-order valence-electron chi connectivity index (χ0n) is 17.1. The monoisotopic (exact) mass is 445 g/mol. The molecule has 0 spiro atoms. The molecule has 0 atom stereocenters. The zero-order valence-corrected chi connectivity index (χ0v) is 17.9.